The SMILES string of the molecule is [C-]#[N+]C1=C(c2ccc3c(c2)/C(=C(\C#N)[N+]#[C-])c2cc(-c4nc(F)c(F)c(F)c4F)ccc2-3)/C(=C(/C#N)[N+]#[C-])c2cc(C(F)(F)F)ccc21. The summed E-state index contributed by atoms with van der Waals surface area (Å²) in [6.45, 7) is 23.1. The molecule has 0 atom stereocenters. The van der Waals surface area contributed by atoms with Gasteiger partial charge in [-0.1, -0.05) is 36.4 Å². The number of aromatic nitrogens is 1. The van der Waals surface area contributed by atoms with Crippen LogP contribution in [-0.2, 0) is 6.18 Å². The number of halogens is 7. The largest absolute Gasteiger partial charge is 0.416 e. The van der Waals surface area contributed by atoms with Crippen LogP contribution in [0, 0.1) is 65.8 Å². The molecule has 2 aliphatic rings. The van der Waals surface area contributed by atoms with E-state index in [2.05, 4.69) is 19.5 Å². The van der Waals surface area contributed by atoms with Gasteiger partial charge in [-0.3, -0.25) is 0 Å². The van der Waals surface area contributed by atoms with Crippen LogP contribution in [-0.4, -0.2) is 4.98 Å². The number of nitriles is 2. The first-order valence-corrected chi connectivity index (χ1v) is 13.3. The summed E-state index contributed by atoms with van der Waals surface area (Å²) < 4.78 is 97.4. The van der Waals surface area contributed by atoms with Gasteiger partial charge in [0.15, 0.2) is 5.82 Å². The molecule has 0 unspecified atom stereocenters. The Labute approximate surface area is 266 Å². The minimum absolute atomic E-state index is 0.0132. The molecule has 228 valence electrons. The molecular formula is C35H9F7N6. The van der Waals surface area contributed by atoms with E-state index in [9.17, 15) is 41.3 Å². The molecule has 48 heavy (non-hydrogen) atoms. The maximum atomic E-state index is 14.7. The van der Waals surface area contributed by atoms with E-state index in [1.807, 2.05) is 0 Å². The highest BCUT2D eigenvalue weighted by Gasteiger charge is 2.37. The maximum Gasteiger partial charge on any atom is 0.416 e. The standard InChI is InChI=1S/C35H9F7N6/c1-45-24(13-43)27-21-10-15(26-28(25(14-44)46-2)23-12-17(35(40,41)42)6-9-20(23)33(26)47-3)4-7-18(21)19-8-5-16(11-22(19)27)32-30(37)29(36)31(38)34(39)48-32/h4-12H/b27-24-,28-25-. The molecular weight excluding hydrogens is 637 g/mol. The van der Waals surface area contributed by atoms with Crippen LogP contribution >= 0.6 is 0 Å². The van der Waals surface area contributed by atoms with Gasteiger partial charge in [-0.05, 0) is 68.3 Å². The van der Waals surface area contributed by atoms with Crippen molar-refractivity contribution in [1.82, 2.24) is 4.98 Å². The molecule has 4 aromatic rings. The predicted molar refractivity (Wildman–Crippen MR) is 157 cm³/mol. The minimum Gasteiger partial charge on any atom is -0.237 e. The number of alkyl halides is 3. The molecule has 0 saturated carbocycles. The predicted octanol–water partition coefficient (Wildman–Crippen LogP) is 9.46. The molecule has 0 bridgehead atoms. The average Bonchev–Trinajstić information content (AvgIpc) is 3.58. The summed E-state index contributed by atoms with van der Waals surface area (Å²) in [5, 5.41) is 19.7. The summed E-state index contributed by atoms with van der Waals surface area (Å²) in [6.07, 6.45) is -4.78. The van der Waals surface area contributed by atoms with Crippen molar-refractivity contribution in [3.8, 4) is 34.5 Å². The van der Waals surface area contributed by atoms with Crippen LogP contribution in [0.25, 0.3) is 59.3 Å². The fourth-order valence-corrected chi connectivity index (χ4v) is 5.79. The first-order valence-electron chi connectivity index (χ1n) is 13.3. The molecule has 6 nitrogen and oxygen atoms in total. The zero-order chi connectivity index (χ0) is 34.7. The summed E-state index contributed by atoms with van der Waals surface area (Å²) >= 11 is 0. The Bertz CT molecular complexity index is 2460. The van der Waals surface area contributed by atoms with Crippen molar-refractivity contribution >= 4 is 22.4 Å². The monoisotopic (exact) mass is 646 g/mol. The third-order valence-corrected chi connectivity index (χ3v) is 7.79. The lowest BCUT2D eigenvalue weighted by Crippen LogP contribution is -2.05. The first kappa shape index (κ1) is 31.0. The fraction of sp³-hybridized carbons (Fsp3) is 0.0286. The van der Waals surface area contributed by atoms with E-state index < -0.39 is 52.2 Å². The summed E-state index contributed by atoms with van der Waals surface area (Å²) in [4.78, 5) is 13.2. The van der Waals surface area contributed by atoms with Gasteiger partial charge in [-0.2, -0.15) is 22.0 Å². The lowest BCUT2D eigenvalue weighted by molar-refractivity contribution is -0.137. The second kappa shape index (κ2) is 11.1. The van der Waals surface area contributed by atoms with E-state index in [1.54, 1.807) is 12.1 Å². The van der Waals surface area contributed by atoms with Crippen molar-refractivity contribution in [1.29, 1.82) is 10.5 Å². The molecule has 0 N–H and O–H groups in total. The highest BCUT2D eigenvalue weighted by atomic mass is 19.4. The van der Waals surface area contributed by atoms with Gasteiger partial charge in [0.25, 0.3) is 17.3 Å². The lowest BCUT2D eigenvalue weighted by Gasteiger charge is -2.13. The quantitative estimate of drug-likeness (QED) is 0.0830. The number of pyridine rings is 1. The Morgan fingerprint density at radius 1 is 0.646 bits per heavy atom. The number of rotatable bonds is 2. The maximum absolute atomic E-state index is 14.7. The van der Waals surface area contributed by atoms with E-state index in [0.29, 0.717) is 11.1 Å². The Hall–Kier alpha value is -7.01. The third-order valence-electron chi connectivity index (χ3n) is 7.79. The summed E-state index contributed by atoms with van der Waals surface area (Å²) in [7, 11) is 0. The smallest absolute Gasteiger partial charge is 0.237 e. The van der Waals surface area contributed by atoms with Crippen LogP contribution in [0.5, 0.6) is 0 Å². The van der Waals surface area contributed by atoms with Gasteiger partial charge in [-0.25, -0.2) is 38.8 Å². The van der Waals surface area contributed by atoms with Crippen LogP contribution in [0.2, 0.25) is 0 Å². The van der Waals surface area contributed by atoms with Gasteiger partial charge in [0.1, 0.15) is 5.69 Å². The molecule has 13 heteroatoms. The van der Waals surface area contributed by atoms with Gasteiger partial charge >= 0.3 is 6.18 Å². The van der Waals surface area contributed by atoms with E-state index in [-0.39, 0.29) is 55.8 Å². The molecule has 1 heterocycles. The van der Waals surface area contributed by atoms with Gasteiger partial charge in [0.05, 0.1) is 37.4 Å². The van der Waals surface area contributed by atoms with Crippen molar-refractivity contribution in [2.75, 3.05) is 0 Å². The van der Waals surface area contributed by atoms with Crippen molar-refractivity contribution in [2.45, 2.75) is 6.18 Å². The first-order chi connectivity index (χ1) is 22.9. The van der Waals surface area contributed by atoms with Crippen molar-refractivity contribution in [2.24, 2.45) is 0 Å². The minimum atomic E-state index is -4.78. The number of allylic oxidation sites excluding steroid dienone is 4. The van der Waals surface area contributed by atoms with E-state index >= 15 is 0 Å². The van der Waals surface area contributed by atoms with Crippen molar-refractivity contribution < 1.29 is 30.7 Å². The molecule has 1 aromatic heterocycles. The number of fused-ring (bicyclic) bond motifs is 4. The Morgan fingerprint density at radius 3 is 1.75 bits per heavy atom. The molecule has 3 aromatic carbocycles. The Morgan fingerprint density at radius 2 is 1.19 bits per heavy atom. The van der Waals surface area contributed by atoms with E-state index in [0.717, 1.165) is 18.2 Å². The normalized spacial score (nSPS) is 14.9. The van der Waals surface area contributed by atoms with Gasteiger partial charge in [0, 0.05) is 11.1 Å². The molecule has 0 fully saturated rings. The molecule has 0 radical (unpaired) electrons. The number of benzene rings is 3. The summed E-state index contributed by atoms with van der Waals surface area (Å²) in [6, 6.07) is 14.3. The fourth-order valence-electron chi connectivity index (χ4n) is 5.79. The molecule has 0 spiro atoms. The van der Waals surface area contributed by atoms with Crippen LogP contribution in [0.3, 0.4) is 0 Å². The van der Waals surface area contributed by atoms with Gasteiger partial charge < -0.3 is 0 Å². The molecule has 0 saturated heterocycles. The number of hydrogen-bond donors (Lipinski definition) is 0. The molecule has 0 amide bonds. The second-order valence-corrected chi connectivity index (χ2v) is 10.2. The summed E-state index contributed by atoms with van der Waals surface area (Å²) in [5.74, 6) is -7.87. The second-order valence-electron chi connectivity index (χ2n) is 10.2. The van der Waals surface area contributed by atoms with Crippen LogP contribution in [0.1, 0.15) is 33.4 Å². The van der Waals surface area contributed by atoms with Crippen LogP contribution < -0.4 is 0 Å². The third kappa shape index (κ3) is 4.49. The van der Waals surface area contributed by atoms with Crippen molar-refractivity contribution in [3.05, 3.63) is 157 Å². The Balaban J connectivity index is 1.61. The van der Waals surface area contributed by atoms with E-state index in [1.165, 1.54) is 36.4 Å². The molecule has 2 aliphatic carbocycles. The lowest BCUT2D eigenvalue weighted by atomic mass is 9.91. The summed E-state index contributed by atoms with van der Waals surface area (Å²) in [5.41, 5.74) is -2.44. The Kier molecular flexibility index (Phi) is 7.17. The highest BCUT2D eigenvalue weighted by Crippen LogP contribution is 2.53. The molecule has 6 rings (SSSR count). The van der Waals surface area contributed by atoms with E-state index in [4.69, 9.17) is 19.7 Å². The van der Waals surface area contributed by atoms with Gasteiger partial charge in [0.2, 0.25) is 17.3 Å². The van der Waals surface area contributed by atoms with Crippen LogP contribution in [0.15, 0.2) is 66.0 Å². The average molecular weight is 646 g/mol. The zero-order valence-electron chi connectivity index (χ0n) is 23.5. The van der Waals surface area contributed by atoms with Crippen LogP contribution in [0.4, 0.5) is 30.7 Å². The topological polar surface area (TPSA) is 73.5 Å². The van der Waals surface area contributed by atoms with Gasteiger partial charge in [-0.15, -0.1) is 0 Å². The zero-order valence-corrected chi connectivity index (χ0v) is 23.5. The highest BCUT2D eigenvalue weighted by molar-refractivity contribution is 6.24. The van der Waals surface area contributed by atoms with Crippen molar-refractivity contribution in [3.63, 3.8) is 0 Å². The number of hydrogen-bond acceptors (Lipinski definition) is 3. The number of nitrogens with zero attached hydrogens (tertiary/aromatic N) is 6. The molecule has 0 aliphatic heterocycles.